The molecule has 0 spiro atoms. The molecule has 68 valence electrons. The number of nitrogen functional groups attached to an aromatic ring is 1. The lowest BCUT2D eigenvalue weighted by Crippen LogP contribution is -1.82. The highest BCUT2D eigenvalue weighted by atomic mass is 32.1. The summed E-state index contributed by atoms with van der Waals surface area (Å²) in [4.78, 5) is 6.48. The molecule has 13 heavy (non-hydrogen) atoms. The first-order valence-electron chi connectivity index (χ1n) is 4.41. The van der Waals surface area contributed by atoms with Gasteiger partial charge in [0.15, 0.2) is 16.3 Å². The van der Waals surface area contributed by atoms with E-state index in [1.165, 1.54) is 12.8 Å². The SMILES string of the molecule is Cc1sc2nc(C3CC3)oc2c1N. The van der Waals surface area contributed by atoms with Gasteiger partial charge in [0, 0.05) is 10.8 Å². The van der Waals surface area contributed by atoms with Crippen LogP contribution < -0.4 is 5.73 Å². The maximum atomic E-state index is 5.85. The van der Waals surface area contributed by atoms with Crippen molar-refractivity contribution in [1.29, 1.82) is 0 Å². The zero-order valence-corrected chi connectivity index (χ0v) is 8.15. The lowest BCUT2D eigenvalue weighted by molar-refractivity contribution is 0.534. The molecule has 0 radical (unpaired) electrons. The minimum Gasteiger partial charge on any atom is -0.437 e. The van der Waals surface area contributed by atoms with Gasteiger partial charge in [-0.1, -0.05) is 0 Å². The van der Waals surface area contributed by atoms with Crippen LogP contribution in [-0.4, -0.2) is 4.98 Å². The van der Waals surface area contributed by atoms with E-state index in [4.69, 9.17) is 10.2 Å². The summed E-state index contributed by atoms with van der Waals surface area (Å²) in [7, 11) is 0. The molecule has 0 bridgehead atoms. The fraction of sp³-hybridized carbons (Fsp3) is 0.444. The maximum Gasteiger partial charge on any atom is 0.199 e. The Balaban J connectivity index is 2.23. The predicted molar refractivity (Wildman–Crippen MR) is 53.0 cm³/mol. The van der Waals surface area contributed by atoms with Crippen molar-refractivity contribution in [3.8, 4) is 0 Å². The Labute approximate surface area is 79.6 Å². The third-order valence-corrected chi connectivity index (χ3v) is 3.41. The van der Waals surface area contributed by atoms with Crippen molar-refractivity contribution >= 4 is 27.4 Å². The molecule has 2 heterocycles. The molecule has 0 unspecified atom stereocenters. The summed E-state index contributed by atoms with van der Waals surface area (Å²) in [6.45, 7) is 1.99. The van der Waals surface area contributed by atoms with Crippen molar-refractivity contribution in [3.63, 3.8) is 0 Å². The lowest BCUT2D eigenvalue weighted by Gasteiger charge is -1.88. The standard InChI is InChI=1S/C9H10N2OS/c1-4-6(10)7-9(13-4)11-8(12-7)5-2-3-5/h5H,2-3,10H2,1H3. The van der Waals surface area contributed by atoms with Gasteiger partial charge in [0.1, 0.15) is 0 Å². The van der Waals surface area contributed by atoms with Crippen LogP contribution in [0.4, 0.5) is 5.69 Å². The number of hydrogen-bond acceptors (Lipinski definition) is 4. The van der Waals surface area contributed by atoms with E-state index >= 15 is 0 Å². The van der Waals surface area contributed by atoms with Gasteiger partial charge in [-0.25, -0.2) is 4.98 Å². The highest BCUT2D eigenvalue weighted by Crippen LogP contribution is 2.43. The molecule has 1 aliphatic carbocycles. The lowest BCUT2D eigenvalue weighted by atomic mass is 10.4. The van der Waals surface area contributed by atoms with Crippen molar-refractivity contribution in [2.75, 3.05) is 5.73 Å². The van der Waals surface area contributed by atoms with Crippen LogP contribution in [0.25, 0.3) is 10.4 Å². The quantitative estimate of drug-likeness (QED) is 0.759. The zero-order chi connectivity index (χ0) is 9.00. The first-order valence-corrected chi connectivity index (χ1v) is 5.22. The smallest absolute Gasteiger partial charge is 0.199 e. The fourth-order valence-corrected chi connectivity index (χ4v) is 2.30. The first-order chi connectivity index (χ1) is 6.25. The molecule has 0 aliphatic heterocycles. The molecule has 1 aliphatic rings. The molecule has 0 aromatic carbocycles. The third-order valence-electron chi connectivity index (χ3n) is 2.41. The van der Waals surface area contributed by atoms with Gasteiger partial charge >= 0.3 is 0 Å². The Bertz CT molecular complexity index is 467. The number of nitrogens with two attached hydrogens (primary N) is 1. The van der Waals surface area contributed by atoms with Crippen LogP contribution in [0, 0.1) is 6.92 Å². The van der Waals surface area contributed by atoms with Gasteiger partial charge in [-0.05, 0) is 19.8 Å². The zero-order valence-electron chi connectivity index (χ0n) is 7.33. The van der Waals surface area contributed by atoms with Crippen LogP contribution in [0.1, 0.15) is 29.5 Å². The van der Waals surface area contributed by atoms with E-state index in [9.17, 15) is 0 Å². The van der Waals surface area contributed by atoms with Crippen LogP contribution in [0.2, 0.25) is 0 Å². The minimum absolute atomic E-state index is 0.569. The van der Waals surface area contributed by atoms with Crippen LogP contribution >= 0.6 is 11.3 Å². The van der Waals surface area contributed by atoms with Gasteiger partial charge in [-0.15, -0.1) is 11.3 Å². The number of thiophene rings is 1. The van der Waals surface area contributed by atoms with E-state index in [2.05, 4.69) is 4.98 Å². The number of nitrogens with zero attached hydrogens (tertiary/aromatic N) is 1. The summed E-state index contributed by atoms with van der Waals surface area (Å²) in [6, 6.07) is 0. The van der Waals surface area contributed by atoms with Gasteiger partial charge in [0.25, 0.3) is 0 Å². The van der Waals surface area contributed by atoms with Gasteiger partial charge in [0.05, 0.1) is 5.69 Å². The Morgan fingerprint density at radius 2 is 2.31 bits per heavy atom. The highest BCUT2D eigenvalue weighted by molar-refractivity contribution is 7.19. The van der Waals surface area contributed by atoms with Gasteiger partial charge in [-0.3, -0.25) is 0 Å². The monoisotopic (exact) mass is 194 g/mol. The number of aromatic nitrogens is 1. The number of fused-ring (bicyclic) bond motifs is 1. The molecule has 1 fully saturated rings. The third kappa shape index (κ3) is 0.983. The first kappa shape index (κ1) is 7.38. The van der Waals surface area contributed by atoms with E-state index in [1.54, 1.807) is 11.3 Å². The summed E-state index contributed by atoms with van der Waals surface area (Å²) < 4.78 is 5.62. The van der Waals surface area contributed by atoms with E-state index in [0.717, 1.165) is 26.9 Å². The normalized spacial score (nSPS) is 17.0. The van der Waals surface area contributed by atoms with E-state index < -0.39 is 0 Å². The second-order valence-corrected chi connectivity index (χ2v) is 4.74. The summed E-state index contributed by atoms with van der Waals surface area (Å²) in [5.41, 5.74) is 7.41. The Hall–Kier alpha value is -1.03. The molecule has 4 heteroatoms. The largest absolute Gasteiger partial charge is 0.437 e. The van der Waals surface area contributed by atoms with Gasteiger partial charge in [-0.2, -0.15) is 0 Å². The topological polar surface area (TPSA) is 52.0 Å². The molecular weight excluding hydrogens is 184 g/mol. The molecule has 3 nitrogen and oxygen atoms in total. The molecular formula is C9H10N2OS. The van der Waals surface area contributed by atoms with Crippen LogP contribution in [0.5, 0.6) is 0 Å². The number of rotatable bonds is 1. The molecule has 3 rings (SSSR count). The maximum absolute atomic E-state index is 5.85. The molecule has 2 aromatic heterocycles. The predicted octanol–water partition coefficient (Wildman–Crippen LogP) is 2.66. The van der Waals surface area contributed by atoms with Gasteiger partial charge < -0.3 is 10.2 Å². The molecule has 2 N–H and O–H groups in total. The summed E-state index contributed by atoms with van der Waals surface area (Å²) >= 11 is 1.61. The summed E-state index contributed by atoms with van der Waals surface area (Å²) in [5, 5.41) is 0. The van der Waals surface area contributed by atoms with E-state index in [1.807, 2.05) is 6.92 Å². The minimum atomic E-state index is 0.569. The average molecular weight is 194 g/mol. The summed E-state index contributed by atoms with van der Waals surface area (Å²) in [5.74, 6) is 1.45. The van der Waals surface area contributed by atoms with Crippen LogP contribution in [-0.2, 0) is 0 Å². The van der Waals surface area contributed by atoms with Crippen molar-refractivity contribution in [2.24, 2.45) is 0 Å². The number of anilines is 1. The Morgan fingerprint density at radius 3 is 2.92 bits per heavy atom. The molecule has 0 amide bonds. The second kappa shape index (κ2) is 2.26. The number of aryl methyl sites for hydroxylation is 1. The second-order valence-electron chi connectivity index (χ2n) is 3.53. The fourth-order valence-electron chi connectivity index (χ4n) is 1.43. The van der Waals surface area contributed by atoms with Crippen LogP contribution in [0.15, 0.2) is 4.42 Å². The van der Waals surface area contributed by atoms with E-state index in [-0.39, 0.29) is 0 Å². The Morgan fingerprint density at radius 1 is 1.54 bits per heavy atom. The molecule has 2 aromatic rings. The highest BCUT2D eigenvalue weighted by Gasteiger charge is 2.29. The molecule has 1 saturated carbocycles. The number of oxazole rings is 1. The van der Waals surface area contributed by atoms with Crippen LogP contribution in [0.3, 0.4) is 0 Å². The Kier molecular flexibility index (Phi) is 1.28. The average Bonchev–Trinajstić information content (AvgIpc) is 2.82. The van der Waals surface area contributed by atoms with Gasteiger partial charge in [0.2, 0.25) is 0 Å². The molecule has 0 saturated heterocycles. The van der Waals surface area contributed by atoms with Crippen molar-refractivity contribution < 1.29 is 4.42 Å². The summed E-state index contributed by atoms with van der Waals surface area (Å²) in [6.07, 6.45) is 2.43. The van der Waals surface area contributed by atoms with E-state index in [0.29, 0.717) is 5.92 Å². The molecule has 0 atom stereocenters. The van der Waals surface area contributed by atoms with Crippen molar-refractivity contribution in [3.05, 3.63) is 10.8 Å². The number of hydrogen-bond donors (Lipinski definition) is 1. The van der Waals surface area contributed by atoms with Crippen molar-refractivity contribution in [1.82, 2.24) is 4.98 Å². The van der Waals surface area contributed by atoms with Crippen molar-refractivity contribution in [2.45, 2.75) is 25.7 Å².